The number of rotatable bonds is 6. The van der Waals surface area contributed by atoms with Crippen molar-refractivity contribution in [3.8, 4) is 0 Å². The Morgan fingerprint density at radius 2 is 2.28 bits per heavy atom. The summed E-state index contributed by atoms with van der Waals surface area (Å²) in [4.78, 5) is 12.2. The summed E-state index contributed by atoms with van der Waals surface area (Å²) in [6.07, 6.45) is 4.47. The molecule has 1 amide bonds. The number of amides is 1. The molecule has 0 spiro atoms. The summed E-state index contributed by atoms with van der Waals surface area (Å²) >= 11 is 4.92. The van der Waals surface area contributed by atoms with Gasteiger partial charge in [0.15, 0.2) is 0 Å². The van der Waals surface area contributed by atoms with Gasteiger partial charge in [0.2, 0.25) is 5.91 Å². The standard InChI is InChI=1S/C12H20N4OS/c1-8(2)10(11(13)18)12(17)14-5-4-9-6-15-16(3)7-9/h6-8,10H,4-5H2,1-3H3,(H2,13,18)(H,14,17). The van der Waals surface area contributed by atoms with Crippen molar-refractivity contribution in [1.29, 1.82) is 0 Å². The lowest BCUT2D eigenvalue weighted by Gasteiger charge is -2.18. The van der Waals surface area contributed by atoms with Crippen molar-refractivity contribution in [1.82, 2.24) is 15.1 Å². The minimum absolute atomic E-state index is 0.0959. The van der Waals surface area contributed by atoms with Crippen molar-refractivity contribution >= 4 is 23.1 Å². The van der Waals surface area contributed by atoms with Crippen LogP contribution in [0, 0.1) is 11.8 Å². The molecule has 3 N–H and O–H groups in total. The minimum atomic E-state index is -0.395. The fourth-order valence-corrected chi connectivity index (χ4v) is 2.18. The first-order valence-corrected chi connectivity index (χ1v) is 6.37. The summed E-state index contributed by atoms with van der Waals surface area (Å²) in [7, 11) is 1.86. The summed E-state index contributed by atoms with van der Waals surface area (Å²) in [5.41, 5.74) is 6.67. The van der Waals surface area contributed by atoms with E-state index in [2.05, 4.69) is 10.4 Å². The SMILES string of the molecule is CC(C)C(C(=O)NCCc1cnn(C)c1)C(N)=S. The van der Waals surface area contributed by atoms with Gasteiger partial charge in [-0.2, -0.15) is 5.10 Å². The van der Waals surface area contributed by atoms with Crippen LogP contribution in [0.1, 0.15) is 19.4 Å². The topological polar surface area (TPSA) is 72.9 Å². The van der Waals surface area contributed by atoms with Gasteiger partial charge in [0.25, 0.3) is 0 Å². The molecule has 1 atom stereocenters. The Kier molecular flexibility index (Phi) is 5.27. The largest absolute Gasteiger partial charge is 0.393 e. The van der Waals surface area contributed by atoms with Crippen molar-refractivity contribution in [2.45, 2.75) is 20.3 Å². The molecular formula is C12H20N4OS. The van der Waals surface area contributed by atoms with Crippen molar-refractivity contribution in [3.05, 3.63) is 18.0 Å². The zero-order valence-corrected chi connectivity index (χ0v) is 11.8. The molecule has 18 heavy (non-hydrogen) atoms. The normalized spacial score (nSPS) is 12.4. The highest BCUT2D eigenvalue weighted by Crippen LogP contribution is 2.11. The average molecular weight is 268 g/mol. The molecule has 1 rings (SSSR count). The van der Waals surface area contributed by atoms with Crippen LogP contribution in [0.25, 0.3) is 0 Å². The Bertz CT molecular complexity index is 427. The Hall–Kier alpha value is -1.43. The number of nitrogens with zero attached hydrogens (tertiary/aromatic N) is 2. The fourth-order valence-electron chi connectivity index (χ4n) is 1.80. The summed E-state index contributed by atoms with van der Waals surface area (Å²) in [6.45, 7) is 4.44. The van der Waals surface area contributed by atoms with Gasteiger partial charge in [0, 0.05) is 19.8 Å². The number of hydrogen-bond donors (Lipinski definition) is 2. The van der Waals surface area contributed by atoms with E-state index in [1.165, 1.54) is 0 Å². The lowest BCUT2D eigenvalue weighted by Crippen LogP contribution is -2.41. The summed E-state index contributed by atoms with van der Waals surface area (Å²) in [5, 5.41) is 6.93. The van der Waals surface area contributed by atoms with Gasteiger partial charge in [-0.05, 0) is 17.9 Å². The molecule has 0 aliphatic heterocycles. The third kappa shape index (κ3) is 4.10. The molecule has 1 heterocycles. The first-order chi connectivity index (χ1) is 8.41. The van der Waals surface area contributed by atoms with Crippen LogP contribution in [-0.2, 0) is 18.3 Å². The van der Waals surface area contributed by atoms with Gasteiger partial charge < -0.3 is 11.1 Å². The molecule has 1 unspecified atom stereocenters. The van der Waals surface area contributed by atoms with E-state index in [9.17, 15) is 4.79 Å². The van der Waals surface area contributed by atoms with Crippen molar-refractivity contribution in [2.75, 3.05) is 6.54 Å². The van der Waals surface area contributed by atoms with Crippen LogP contribution < -0.4 is 11.1 Å². The summed E-state index contributed by atoms with van der Waals surface area (Å²) < 4.78 is 1.74. The number of nitrogens with one attached hydrogen (secondary N) is 1. The van der Waals surface area contributed by atoms with Gasteiger partial charge in [-0.3, -0.25) is 9.48 Å². The van der Waals surface area contributed by atoms with Crippen LogP contribution in [0.5, 0.6) is 0 Å². The van der Waals surface area contributed by atoms with Crippen LogP contribution in [0.3, 0.4) is 0 Å². The maximum Gasteiger partial charge on any atom is 0.230 e. The van der Waals surface area contributed by atoms with Crippen LogP contribution in [-0.4, -0.2) is 27.2 Å². The van der Waals surface area contributed by atoms with Crippen LogP contribution in [0.2, 0.25) is 0 Å². The van der Waals surface area contributed by atoms with E-state index >= 15 is 0 Å². The molecule has 100 valence electrons. The molecule has 0 aliphatic carbocycles. The second kappa shape index (κ2) is 6.49. The molecule has 0 radical (unpaired) electrons. The number of aromatic nitrogens is 2. The van der Waals surface area contributed by atoms with Crippen molar-refractivity contribution in [3.63, 3.8) is 0 Å². The van der Waals surface area contributed by atoms with Gasteiger partial charge in [0.05, 0.1) is 17.1 Å². The highest BCUT2D eigenvalue weighted by Gasteiger charge is 2.24. The van der Waals surface area contributed by atoms with Gasteiger partial charge >= 0.3 is 0 Å². The Morgan fingerprint density at radius 1 is 1.61 bits per heavy atom. The van der Waals surface area contributed by atoms with E-state index in [1.54, 1.807) is 10.9 Å². The molecule has 0 saturated carbocycles. The second-order valence-corrected chi connectivity index (χ2v) is 5.16. The maximum atomic E-state index is 11.9. The molecule has 0 saturated heterocycles. The fraction of sp³-hybridized carbons (Fsp3) is 0.583. The smallest absolute Gasteiger partial charge is 0.230 e. The number of nitrogens with two attached hydrogens (primary N) is 1. The van der Waals surface area contributed by atoms with E-state index in [1.807, 2.05) is 27.1 Å². The highest BCUT2D eigenvalue weighted by molar-refractivity contribution is 7.80. The molecule has 0 bridgehead atoms. The molecule has 1 aromatic heterocycles. The zero-order valence-electron chi connectivity index (χ0n) is 11.0. The molecule has 0 aromatic carbocycles. The summed E-state index contributed by atoms with van der Waals surface area (Å²) in [5.74, 6) is -0.379. The monoisotopic (exact) mass is 268 g/mol. The first kappa shape index (κ1) is 14.6. The van der Waals surface area contributed by atoms with Crippen LogP contribution >= 0.6 is 12.2 Å². The van der Waals surface area contributed by atoms with Crippen molar-refractivity contribution in [2.24, 2.45) is 24.6 Å². The molecule has 6 heteroatoms. The van der Waals surface area contributed by atoms with Gasteiger partial charge in [-0.25, -0.2) is 0 Å². The number of hydrogen-bond acceptors (Lipinski definition) is 3. The van der Waals surface area contributed by atoms with E-state index in [4.69, 9.17) is 18.0 Å². The van der Waals surface area contributed by atoms with Crippen LogP contribution in [0.4, 0.5) is 0 Å². The molecular weight excluding hydrogens is 248 g/mol. The van der Waals surface area contributed by atoms with Gasteiger partial charge in [0.1, 0.15) is 0 Å². The molecule has 5 nitrogen and oxygen atoms in total. The van der Waals surface area contributed by atoms with E-state index in [0.717, 1.165) is 12.0 Å². The zero-order chi connectivity index (χ0) is 13.7. The Balaban J connectivity index is 2.43. The van der Waals surface area contributed by atoms with Gasteiger partial charge in [-0.1, -0.05) is 26.1 Å². The lowest BCUT2D eigenvalue weighted by atomic mass is 9.95. The maximum absolute atomic E-state index is 11.9. The predicted molar refractivity (Wildman–Crippen MR) is 75.0 cm³/mol. The van der Waals surface area contributed by atoms with Gasteiger partial charge in [-0.15, -0.1) is 0 Å². The third-order valence-electron chi connectivity index (χ3n) is 2.73. The van der Waals surface area contributed by atoms with E-state index in [-0.39, 0.29) is 16.8 Å². The number of carbonyl (C=O) groups excluding carboxylic acids is 1. The lowest BCUT2D eigenvalue weighted by molar-refractivity contribution is -0.123. The predicted octanol–water partition coefficient (Wildman–Crippen LogP) is 0.637. The minimum Gasteiger partial charge on any atom is -0.393 e. The molecule has 1 aromatic rings. The number of thiocarbonyl (C=S) groups is 1. The second-order valence-electron chi connectivity index (χ2n) is 4.69. The quantitative estimate of drug-likeness (QED) is 0.743. The number of aryl methyl sites for hydroxylation is 1. The summed E-state index contributed by atoms with van der Waals surface area (Å²) in [6, 6.07) is 0. The average Bonchev–Trinajstić information content (AvgIpc) is 2.63. The van der Waals surface area contributed by atoms with E-state index in [0.29, 0.717) is 6.54 Å². The Morgan fingerprint density at radius 3 is 2.72 bits per heavy atom. The van der Waals surface area contributed by atoms with E-state index < -0.39 is 5.92 Å². The number of carbonyl (C=O) groups is 1. The third-order valence-corrected chi connectivity index (χ3v) is 2.98. The van der Waals surface area contributed by atoms with Crippen LogP contribution in [0.15, 0.2) is 12.4 Å². The molecule has 0 aliphatic rings. The molecule has 0 fully saturated rings. The first-order valence-electron chi connectivity index (χ1n) is 5.96. The highest BCUT2D eigenvalue weighted by atomic mass is 32.1. The Labute approximate surface area is 113 Å². The van der Waals surface area contributed by atoms with Crippen molar-refractivity contribution < 1.29 is 4.79 Å².